The van der Waals surface area contributed by atoms with Crippen LogP contribution >= 0.6 is 0 Å². The maximum absolute atomic E-state index is 10.4. The monoisotopic (exact) mass is 294 g/mol. The second-order valence-electron chi connectivity index (χ2n) is 1.55. The van der Waals surface area contributed by atoms with Gasteiger partial charge in [0.2, 0.25) is 0 Å². The van der Waals surface area contributed by atoms with Gasteiger partial charge >= 0.3 is 59.1 Å². The molecule has 0 heterocycles. The number of carbonyl (C=O) groups excluding carboxylic acids is 2. The Bertz CT molecular complexity index is 106. The summed E-state index contributed by atoms with van der Waals surface area (Å²) in [5.41, 5.74) is 0. The van der Waals surface area contributed by atoms with E-state index in [2.05, 4.69) is 0 Å². The van der Waals surface area contributed by atoms with Gasteiger partial charge in [0.25, 0.3) is 0 Å². The van der Waals surface area contributed by atoms with E-state index in [0.29, 0.717) is 0 Å². The Hall–Kier alpha value is 0.0283. The molecule has 0 amide bonds. The Labute approximate surface area is 59.5 Å². The molecule has 8 heavy (non-hydrogen) atoms. The van der Waals surface area contributed by atoms with Crippen LogP contribution in [0.25, 0.3) is 0 Å². The summed E-state index contributed by atoms with van der Waals surface area (Å²) in [4.78, 5) is 20.7. The van der Waals surface area contributed by atoms with Gasteiger partial charge in [-0.2, -0.15) is 0 Å². The van der Waals surface area contributed by atoms with E-state index in [4.69, 9.17) is 0 Å². The van der Waals surface area contributed by atoms with E-state index < -0.39 is 4.31 Å². The second kappa shape index (κ2) is 3.13. The summed E-state index contributed by atoms with van der Waals surface area (Å²) in [6.07, 6.45) is 0. The maximum atomic E-state index is 10.4. The van der Waals surface area contributed by atoms with Gasteiger partial charge in [0.1, 0.15) is 0 Å². The van der Waals surface area contributed by atoms with Gasteiger partial charge in [-0.05, 0) is 0 Å². The fourth-order valence-electron chi connectivity index (χ4n) is 0.286. The second-order valence-corrected chi connectivity index (χ2v) is 2.86. The van der Waals surface area contributed by atoms with Gasteiger partial charge in [-0.3, -0.25) is 0 Å². The normalized spacial score (nSPS) is 9.62. The molecule has 0 fully saturated rings. The average Bonchev–Trinajstić information content (AvgIpc) is 1.64. The van der Waals surface area contributed by atoms with Gasteiger partial charge in [0.15, 0.2) is 0 Å². The predicted octanol–water partition coefficient (Wildman–Crippen LogP) is 0.500. The van der Waals surface area contributed by atoms with Crippen LogP contribution in [0, 0.1) is 0 Å². The molecule has 0 rings (SSSR count). The third-order valence-corrected chi connectivity index (χ3v) is 2.51. The van der Waals surface area contributed by atoms with Gasteiger partial charge in [0, 0.05) is 0 Å². The Morgan fingerprint density at radius 1 is 1.25 bits per heavy atom. The summed E-state index contributed by atoms with van der Waals surface area (Å²) in [7, 11) is 0. The van der Waals surface area contributed by atoms with Crippen molar-refractivity contribution in [2.24, 2.45) is 0 Å². The van der Waals surface area contributed by atoms with Crippen molar-refractivity contribution < 1.29 is 29.4 Å². The summed E-state index contributed by atoms with van der Waals surface area (Å²) in [6.45, 7) is 2.83. The molecule has 0 aromatic heterocycles. The minimum absolute atomic E-state index is 0.0702. The number of carbonyl (C=O) groups is 2. The number of Topliss-reactive ketones (excluding diaryl/α,β-unsaturated/α-hetero) is 2. The van der Waals surface area contributed by atoms with Crippen LogP contribution in [-0.4, -0.2) is 11.6 Å². The zero-order valence-corrected chi connectivity index (χ0v) is 6.98. The van der Waals surface area contributed by atoms with E-state index in [0.717, 1.165) is 0 Å². The molecule has 0 aromatic rings. The van der Waals surface area contributed by atoms with Crippen LogP contribution in [-0.2, 0) is 29.4 Å². The molecule has 0 atom stereocenters. The standard InChI is InChI=1S/C5H7O2.Pt/c1-4(6)3-5(2)7;/h3H,1-2H3;. The zero-order valence-electron chi connectivity index (χ0n) is 4.71. The average molecular weight is 294 g/mol. The van der Waals surface area contributed by atoms with E-state index in [1.807, 2.05) is 19.8 Å². The topological polar surface area (TPSA) is 34.1 Å². The van der Waals surface area contributed by atoms with E-state index in [1.165, 1.54) is 13.8 Å². The van der Waals surface area contributed by atoms with Crippen molar-refractivity contribution in [2.75, 3.05) is 0 Å². The molecule has 0 unspecified atom stereocenters. The van der Waals surface area contributed by atoms with Gasteiger partial charge in [-0.15, -0.1) is 0 Å². The third-order valence-electron chi connectivity index (χ3n) is 0.664. The van der Waals surface area contributed by atoms with E-state index in [-0.39, 0.29) is 11.6 Å². The minimum atomic E-state index is -0.435. The molecule has 49 valence electrons. The van der Waals surface area contributed by atoms with E-state index in [9.17, 15) is 9.59 Å². The number of hydrogen-bond acceptors (Lipinski definition) is 2. The first-order valence-electron chi connectivity index (χ1n) is 2.17. The molecule has 0 N–H and O–H groups in total. The fourth-order valence-corrected chi connectivity index (χ4v) is 0.286. The summed E-state index contributed by atoms with van der Waals surface area (Å²) in [5.74, 6) is -0.140. The summed E-state index contributed by atoms with van der Waals surface area (Å²) in [5, 5.41) is 0. The first kappa shape index (κ1) is 8.03. The molecule has 0 saturated carbocycles. The molecule has 0 aromatic carbocycles. The molecular weight excluding hydrogens is 287 g/mol. The molecule has 0 aliphatic rings. The van der Waals surface area contributed by atoms with Crippen molar-refractivity contribution >= 4 is 11.6 Å². The van der Waals surface area contributed by atoms with Gasteiger partial charge in [0.05, 0.1) is 0 Å². The molecule has 3 heteroatoms. The molecule has 2 nitrogen and oxygen atoms in total. The molecule has 0 spiro atoms. The predicted molar refractivity (Wildman–Crippen MR) is 25.1 cm³/mol. The van der Waals surface area contributed by atoms with Crippen molar-refractivity contribution in [2.45, 2.75) is 18.2 Å². The number of rotatable bonds is 2. The van der Waals surface area contributed by atoms with Crippen molar-refractivity contribution in [3.8, 4) is 0 Å². The van der Waals surface area contributed by atoms with Crippen molar-refractivity contribution in [1.82, 2.24) is 0 Å². The van der Waals surface area contributed by atoms with E-state index >= 15 is 0 Å². The van der Waals surface area contributed by atoms with Crippen LogP contribution in [0.4, 0.5) is 0 Å². The molecule has 0 aliphatic heterocycles. The van der Waals surface area contributed by atoms with Gasteiger partial charge in [-0.25, -0.2) is 0 Å². The Balaban J connectivity index is 3.83. The SMILES string of the molecule is CC(=O)[CH]([Pt])C(C)=O. The first-order valence-corrected chi connectivity index (χ1v) is 3.48. The van der Waals surface area contributed by atoms with E-state index in [1.54, 1.807) is 0 Å². The molecule has 0 aliphatic carbocycles. The van der Waals surface area contributed by atoms with Crippen LogP contribution in [0.1, 0.15) is 13.8 Å². The molecule has 0 radical (unpaired) electrons. The summed E-state index contributed by atoms with van der Waals surface area (Å²) >= 11 is 1.81. The Morgan fingerprint density at radius 3 is 1.50 bits per heavy atom. The molecular formula is C5H7O2Pt. The number of hydrogen-bond donors (Lipinski definition) is 0. The molecule has 0 bridgehead atoms. The van der Waals surface area contributed by atoms with Crippen molar-refractivity contribution in [3.63, 3.8) is 0 Å². The zero-order chi connectivity index (χ0) is 6.73. The Kier molecular flexibility index (Phi) is 3.14. The van der Waals surface area contributed by atoms with Crippen molar-refractivity contribution in [1.29, 1.82) is 0 Å². The molecule has 0 saturated heterocycles. The first-order chi connectivity index (χ1) is 3.55. The van der Waals surface area contributed by atoms with Crippen LogP contribution in [0.5, 0.6) is 0 Å². The van der Waals surface area contributed by atoms with Crippen molar-refractivity contribution in [3.05, 3.63) is 0 Å². The Morgan fingerprint density at radius 2 is 1.50 bits per heavy atom. The van der Waals surface area contributed by atoms with Crippen LogP contribution < -0.4 is 0 Å². The summed E-state index contributed by atoms with van der Waals surface area (Å²) in [6, 6.07) is 0. The number of ketones is 2. The van der Waals surface area contributed by atoms with Gasteiger partial charge < -0.3 is 0 Å². The summed E-state index contributed by atoms with van der Waals surface area (Å²) < 4.78 is -0.435. The fraction of sp³-hybridized carbons (Fsp3) is 0.600. The quantitative estimate of drug-likeness (QED) is 0.695. The van der Waals surface area contributed by atoms with Crippen LogP contribution in [0.3, 0.4) is 0 Å². The van der Waals surface area contributed by atoms with Gasteiger partial charge in [-0.1, -0.05) is 0 Å². The van der Waals surface area contributed by atoms with Crippen LogP contribution in [0.2, 0.25) is 4.31 Å². The third kappa shape index (κ3) is 2.36. The van der Waals surface area contributed by atoms with Crippen LogP contribution in [0.15, 0.2) is 0 Å².